The summed E-state index contributed by atoms with van der Waals surface area (Å²) in [6, 6.07) is 3.49. The quantitative estimate of drug-likeness (QED) is 0.878. The third kappa shape index (κ3) is 1.98. The van der Waals surface area contributed by atoms with Crippen LogP contribution in [-0.2, 0) is 0 Å². The van der Waals surface area contributed by atoms with E-state index in [0.29, 0.717) is 34.2 Å². The van der Waals surface area contributed by atoms with E-state index in [1.165, 1.54) is 12.7 Å². The normalized spacial score (nSPS) is 27.2. The standard InChI is InChI=1S/C15H17N3O3/c1-20-12-4-11-10(15(19)18-7-17-11)3-13(12)21-14-8-2-9(14)6-16-5-8/h3-4,7-9,14,16H,2,5-6H2,1H3,(H,17,18,19)/t8-,9+,14?. The Morgan fingerprint density at radius 1 is 1.24 bits per heavy atom. The fourth-order valence-corrected chi connectivity index (χ4v) is 3.37. The highest BCUT2D eigenvalue weighted by Crippen LogP contribution is 2.42. The van der Waals surface area contributed by atoms with E-state index in [9.17, 15) is 4.79 Å². The van der Waals surface area contributed by atoms with Gasteiger partial charge >= 0.3 is 0 Å². The van der Waals surface area contributed by atoms with Crippen LogP contribution in [0.15, 0.2) is 23.3 Å². The highest BCUT2D eigenvalue weighted by Gasteiger charge is 2.45. The van der Waals surface area contributed by atoms with Gasteiger partial charge in [0.2, 0.25) is 0 Å². The van der Waals surface area contributed by atoms with Crippen LogP contribution in [0.25, 0.3) is 10.9 Å². The topological polar surface area (TPSA) is 76.2 Å². The molecule has 2 heterocycles. The molecular weight excluding hydrogens is 270 g/mol. The summed E-state index contributed by atoms with van der Waals surface area (Å²) in [5.41, 5.74) is 0.446. The first-order chi connectivity index (χ1) is 10.3. The van der Waals surface area contributed by atoms with Gasteiger partial charge in [0.1, 0.15) is 6.10 Å². The lowest BCUT2D eigenvalue weighted by atomic mass is 9.69. The van der Waals surface area contributed by atoms with Gasteiger partial charge in [-0.3, -0.25) is 4.79 Å². The minimum atomic E-state index is -0.164. The van der Waals surface area contributed by atoms with Crippen LogP contribution in [0.4, 0.5) is 0 Å². The molecule has 2 aromatic rings. The van der Waals surface area contributed by atoms with E-state index in [1.54, 1.807) is 19.2 Å². The fourth-order valence-electron chi connectivity index (χ4n) is 3.37. The number of benzene rings is 1. The maximum absolute atomic E-state index is 11.9. The zero-order chi connectivity index (χ0) is 14.4. The Balaban J connectivity index is 1.73. The molecule has 1 aliphatic heterocycles. The van der Waals surface area contributed by atoms with Crippen molar-refractivity contribution in [1.29, 1.82) is 0 Å². The van der Waals surface area contributed by atoms with Crippen LogP contribution in [0.1, 0.15) is 6.42 Å². The lowest BCUT2D eigenvalue weighted by molar-refractivity contribution is -0.0455. The van der Waals surface area contributed by atoms with Crippen LogP contribution in [0.3, 0.4) is 0 Å². The molecule has 6 nitrogen and oxygen atoms in total. The summed E-state index contributed by atoms with van der Waals surface area (Å²) in [6.45, 7) is 2.00. The molecule has 2 bridgehead atoms. The predicted octanol–water partition coefficient (Wildman–Crippen LogP) is 0.918. The van der Waals surface area contributed by atoms with Crippen molar-refractivity contribution >= 4 is 10.9 Å². The largest absolute Gasteiger partial charge is 0.493 e. The van der Waals surface area contributed by atoms with Crippen LogP contribution in [-0.4, -0.2) is 36.3 Å². The fraction of sp³-hybridized carbons (Fsp3) is 0.467. The molecule has 1 aliphatic carbocycles. The maximum atomic E-state index is 11.9. The number of hydrogen-bond donors (Lipinski definition) is 2. The van der Waals surface area contributed by atoms with Crippen LogP contribution in [0, 0.1) is 11.8 Å². The van der Waals surface area contributed by atoms with Gasteiger partial charge in [-0.05, 0) is 12.5 Å². The van der Waals surface area contributed by atoms with E-state index < -0.39 is 0 Å². The molecule has 0 radical (unpaired) electrons. The van der Waals surface area contributed by atoms with Gasteiger partial charge in [0, 0.05) is 31.0 Å². The summed E-state index contributed by atoms with van der Waals surface area (Å²) in [6.07, 6.45) is 2.83. The summed E-state index contributed by atoms with van der Waals surface area (Å²) < 4.78 is 11.5. The molecule has 2 aliphatic rings. The van der Waals surface area contributed by atoms with Gasteiger partial charge in [-0.1, -0.05) is 0 Å². The number of ether oxygens (including phenoxy) is 2. The number of methoxy groups -OCH3 is 1. The number of aromatic amines is 1. The Morgan fingerprint density at radius 3 is 2.76 bits per heavy atom. The van der Waals surface area contributed by atoms with Crippen LogP contribution >= 0.6 is 0 Å². The maximum Gasteiger partial charge on any atom is 0.258 e. The van der Waals surface area contributed by atoms with Crippen LogP contribution in [0.5, 0.6) is 11.5 Å². The number of aromatic nitrogens is 2. The summed E-state index contributed by atoms with van der Waals surface area (Å²) >= 11 is 0. The van der Waals surface area contributed by atoms with Crippen molar-refractivity contribution in [2.75, 3.05) is 20.2 Å². The molecule has 0 amide bonds. The molecule has 4 rings (SSSR count). The highest BCUT2D eigenvalue weighted by molar-refractivity contribution is 5.81. The van der Waals surface area contributed by atoms with Gasteiger partial charge in [0.05, 0.1) is 24.3 Å². The van der Waals surface area contributed by atoms with Gasteiger partial charge < -0.3 is 19.8 Å². The third-order valence-electron chi connectivity index (χ3n) is 4.54. The smallest absolute Gasteiger partial charge is 0.258 e. The van der Waals surface area contributed by atoms with E-state index in [2.05, 4.69) is 15.3 Å². The average Bonchev–Trinajstić information content (AvgIpc) is 2.53. The lowest BCUT2D eigenvalue weighted by Gasteiger charge is -2.49. The Bertz CT molecular complexity index is 729. The van der Waals surface area contributed by atoms with Crippen molar-refractivity contribution in [3.05, 3.63) is 28.8 Å². The van der Waals surface area contributed by atoms with E-state index in [1.807, 2.05) is 0 Å². The minimum Gasteiger partial charge on any atom is -0.493 e. The Morgan fingerprint density at radius 2 is 2.05 bits per heavy atom. The summed E-state index contributed by atoms with van der Waals surface area (Å²) in [5, 5.41) is 3.92. The zero-order valence-electron chi connectivity index (χ0n) is 11.8. The van der Waals surface area contributed by atoms with E-state index >= 15 is 0 Å². The number of H-pyrrole nitrogens is 1. The van der Waals surface area contributed by atoms with Gasteiger partial charge in [-0.15, -0.1) is 0 Å². The third-order valence-corrected chi connectivity index (χ3v) is 4.54. The van der Waals surface area contributed by atoms with Gasteiger partial charge in [0.15, 0.2) is 11.5 Å². The average molecular weight is 287 g/mol. The first kappa shape index (κ1) is 12.6. The molecule has 1 saturated heterocycles. The molecule has 1 saturated carbocycles. The number of fused-ring (bicyclic) bond motifs is 3. The SMILES string of the molecule is COc1cc2nc[nH]c(=O)c2cc1OC1[C@@H]2CNC[C@H]1C2. The van der Waals surface area contributed by atoms with Crippen molar-refractivity contribution in [3.8, 4) is 11.5 Å². The molecule has 2 fully saturated rings. The van der Waals surface area contributed by atoms with Crippen molar-refractivity contribution < 1.29 is 9.47 Å². The molecular formula is C15H17N3O3. The first-order valence-electron chi connectivity index (χ1n) is 7.19. The van der Waals surface area contributed by atoms with Crippen molar-refractivity contribution in [1.82, 2.24) is 15.3 Å². The molecule has 1 aromatic heterocycles. The van der Waals surface area contributed by atoms with Gasteiger partial charge in [-0.25, -0.2) is 4.98 Å². The predicted molar refractivity (Wildman–Crippen MR) is 77.8 cm³/mol. The number of nitrogens with one attached hydrogen (secondary N) is 2. The Hall–Kier alpha value is -2.08. The second-order valence-corrected chi connectivity index (χ2v) is 5.75. The number of piperidine rings is 2. The molecule has 110 valence electrons. The summed E-state index contributed by atoms with van der Waals surface area (Å²) in [4.78, 5) is 18.6. The van der Waals surface area contributed by atoms with Crippen LogP contribution < -0.4 is 20.3 Å². The molecule has 6 heteroatoms. The Labute approximate surface area is 121 Å². The minimum absolute atomic E-state index is 0.164. The van der Waals surface area contributed by atoms with E-state index in [-0.39, 0.29) is 11.7 Å². The zero-order valence-corrected chi connectivity index (χ0v) is 11.8. The molecule has 21 heavy (non-hydrogen) atoms. The van der Waals surface area contributed by atoms with Crippen molar-refractivity contribution in [2.24, 2.45) is 11.8 Å². The summed E-state index contributed by atoms with van der Waals surface area (Å²) in [7, 11) is 1.60. The number of hydrogen-bond acceptors (Lipinski definition) is 5. The van der Waals surface area contributed by atoms with Crippen molar-refractivity contribution in [2.45, 2.75) is 12.5 Å². The Kier molecular flexibility index (Phi) is 2.85. The first-order valence-corrected chi connectivity index (χ1v) is 7.19. The molecule has 2 N–H and O–H groups in total. The van der Waals surface area contributed by atoms with E-state index in [4.69, 9.17) is 9.47 Å². The molecule has 1 aromatic carbocycles. The van der Waals surface area contributed by atoms with Crippen LogP contribution in [0.2, 0.25) is 0 Å². The van der Waals surface area contributed by atoms with E-state index in [0.717, 1.165) is 13.1 Å². The van der Waals surface area contributed by atoms with Gasteiger partial charge in [0.25, 0.3) is 5.56 Å². The van der Waals surface area contributed by atoms with Gasteiger partial charge in [-0.2, -0.15) is 0 Å². The molecule has 0 spiro atoms. The number of rotatable bonds is 3. The highest BCUT2D eigenvalue weighted by atomic mass is 16.5. The molecule has 3 atom stereocenters. The second kappa shape index (κ2) is 4.73. The lowest BCUT2D eigenvalue weighted by Crippen LogP contribution is -2.59. The summed E-state index contributed by atoms with van der Waals surface area (Å²) in [5.74, 6) is 2.36. The van der Waals surface area contributed by atoms with Crippen molar-refractivity contribution in [3.63, 3.8) is 0 Å². The molecule has 1 unspecified atom stereocenters. The second-order valence-electron chi connectivity index (χ2n) is 5.75. The number of nitrogens with zero attached hydrogens (tertiary/aromatic N) is 1. The monoisotopic (exact) mass is 287 g/mol.